The third-order valence-electron chi connectivity index (χ3n) is 8.01. The van der Waals surface area contributed by atoms with Crippen LogP contribution in [0.1, 0.15) is 11.1 Å². The molecule has 0 unspecified atom stereocenters. The number of aromatic hydroxyl groups is 2. The third kappa shape index (κ3) is 8.87. The number of aliphatic hydroxyl groups excluding tert-OH is 6. The number of methoxy groups -OCH3 is 3. The molecule has 2 heterocycles. The molecule has 8 N–H and O–H groups in total. The van der Waals surface area contributed by atoms with Crippen LogP contribution in [0.3, 0.4) is 0 Å². The largest absolute Gasteiger partial charge is 0.504 e. The van der Waals surface area contributed by atoms with Crippen LogP contribution in [0.15, 0.2) is 42.5 Å². The van der Waals surface area contributed by atoms with E-state index in [9.17, 15) is 50.4 Å². The lowest BCUT2D eigenvalue weighted by Crippen LogP contribution is -2.63. The van der Waals surface area contributed by atoms with Gasteiger partial charge in [-0.25, -0.2) is 9.59 Å². The summed E-state index contributed by atoms with van der Waals surface area (Å²) in [5.41, 5.74) is 0.731. The monoisotopic (exact) mass is 724 g/mol. The van der Waals surface area contributed by atoms with Crippen molar-refractivity contribution in [3.63, 3.8) is 0 Å². The predicted molar refractivity (Wildman–Crippen MR) is 170 cm³/mol. The van der Waals surface area contributed by atoms with E-state index in [1.54, 1.807) is 0 Å². The summed E-state index contributed by atoms with van der Waals surface area (Å²) >= 11 is 0. The summed E-state index contributed by atoms with van der Waals surface area (Å²) in [5.74, 6) is -4.92. The first-order valence-corrected chi connectivity index (χ1v) is 15.3. The molecule has 0 radical (unpaired) electrons. The molecular formula is C33H40O18. The average Bonchev–Trinajstić information content (AvgIpc) is 3.39. The van der Waals surface area contributed by atoms with E-state index in [2.05, 4.69) is 0 Å². The molecule has 0 saturated carbocycles. The van der Waals surface area contributed by atoms with Gasteiger partial charge in [-0.1, -0.05) is 6.07 Å². The van der Waals surface area contributed by atoms with Crippen molar-refractivity contribution in [2.45, 2.75) is 54.8 Å². The van der Waals surface area contributed by atoms with E-state index in [0.717, 1.165) is 12.2 Å². The minimum Gasteiger partial charge on any atom is -0.504 e. The molecule has 2 aliphatic heterocycles. The molecule has 9 atom stereocenters. The molecule has 2 aromatic rings. The van der Waals surface area contributed by atoms with Gasteiger partial charge in [0.25, 0.3) is 0 Å². The number of esters is 2. The van der Waals surface area contributed by atoms with Crippen LogP contribution in [0.4, 0.5) is 0 Å². The van der Waals surface area contributed by atoms with E-state index >= 15 is 0 Å². The van der Waals surface area contributed by atoms with Gasteiger partial charge in [0.1, 0.15) is 43.2 Å². The summed E-state index contributed by atoms with van der Waals surface area (Å²) in [7, 11) is 3.95. The molecule has 0 aliphatic carbocycles. The van der Waals surface area contributed by atoms with Crippen molar-refractivity contribution in [1.29, 1.82) is 0 Å². The molecule has 0 amide bonds. The number of carbonyl (C=O) groups excluding carboxylic acids is 2. The minimum absolute atomic E-state index is 0.0425. The molecule has 2 aliphatic rings. The van der Waals surface area contributed by atoms with Crippen molar-refractivity contribution in [1.82, 2.24) is 0 Å². The lowest BCUT2D eigenvalue weighted by molar-refractivity contribution is -0.383. The Morgan fingerprint density at radius 1 is 0.765 bits per heavy atom. The molecule has 18 nitrogen and oxygen atoms in total. The number of rotatable bonds is 14. The number of hydrogen-bond donors (Lipinski definition) is 8. The highest BCUT2D eigenvalue weighted by Gasteiger charge is 2.61. The highest BCUT2D eigenvalue weighted by atomic mass is 16.8. The Morgan fingerprint density at radius 2 is 1.35 bits per heavy atom. The zero-order valence-electron chi connectivity index (χ0n) is 27.6. The van der Waals surface area contributed by atoms with Gasteiger partial charge in [-0.05, 0) is 47.5 Å². The van der Waals surface area contributed by atoms with E-state index < -0.39 is 86.6 Å². The van der Waals surface area contributed by atoms with Crippen molar-refractivity contribution in [2.75, 3.05) is 41.2 Å². The van der Waals surface area contributed by atoms with Crippen LogP contribution in [0.2, 0.25) is 0 Å². The summed E-state index contributed by atoms with van der Waals surface area (Å²) in [6.07, 6.45) is -9.92. The standard InChI is InChI=1S/C33H40O18/c1-44-19-10-16(4-7-18(19)36)5-9-25(38)49-31-28(41)23(14-35)50-33(31,51-32-30(43)29(42)27(40)22(13-34)48-32)15-47-24(37)8-6-17-11-20(45-2)26(39)21(12-17)46-3/h4-12,22-23,27-32,34-36,39-43H,13-15H2,1-3H3/b8-6?,9-5+/t22-,23-,27-,28-,29+,30-,31+,32-,33+/m1/s1. The lowest BCUT2D eigenvalue weighted by atomic mass is 9.99. The molecule has 0 bridgehead atoms. The Hall–Kier alpha value is -4.50. The minimum atomic E-state index is -2.54. The molecule has 280 valence electrons. The van der Waals surface area contributed by atoms with Crippen LogP contribution in [-0.2, 0) is 33.3 Å². The zero-order chi connectivity index (χ0) is 37.5. The van der Waals surface area contributed by atoms with Crippen LogP contribution >= 0.6 is 0 Å². The van der Waals surface area contributed by atoms with Crippen molar-refractivity contribution in [2.24, 2.45) is 0 Å². The van der Waals surface area contributed by atoms with E-state index in [4.69, 9.17) is 37.9 Å². The average molecular weight is 725 g/mol. The van der Waals surface area contributed by atoms with Crippen LogP contribution in [0, 0.1) is 0 Å². The van der Waals surface area contributed by atoms with Gasteiger partial charge in [-0.3, -0.25) is 0 Å². The molecule has 2 saturated heterocycles. The SMILES string of the molecule is COc1cc(/C=C/C(=O)O[C@H]2[C@H](O)[C@@H](CO)O[C@@]2(COC(=O)C=Cc2cc(OC)c(O)c(OC)c2)O[C@H]2O[C@H](CO)[C@@H](O)[C@H](O)[C@H]2O)ccc1O. The maximum absolute atomic E-state index is 13.1. The summed E-state index contributed by atoms with van der Waals surface area (Å²) < 4.78 is 43.2. The lowest BCUT2D eigenvalue weighted by Gasteiger charge is -2.43. The Balaban J connectivity index is 1.64. The third-order valence-corrected chi connectivity index (χ3v) is 8.01. The maximum atomic E-state index is 13.1. The summed E-state index contributed by atoms with van der Waals surface area (Å²) in [6.45, 7) is -2.69. The van der Waals surface area contributed by atoms with Crippen molar-refractivity contribution in [3.05, 3.63) is 53.6 Å². The molecule has 0 aromatic heterocycles. The normalized spacial score (nSPS) is 29.3. The molecule has 2 fully saturated rings. The molecule has 0 spiro atoms. The number of aliphatic hydroxyl groups is 6. The molecule has 51 heavy (non-hydrogen) atoms. The Bertz CT molecular complexity index is 1550. The van der Waals surface area contributed by atoms with Gasteiger partial charge in [0.15, 0.2) is 35.4 Å². The van der Waals surface area contributed by atoms with Crippen molar-refractivity contribution < 1.29 is 88.3 Å². The summed E-state index contributed by atoms with van der Waals surface area (Å²) in [6, 6.07) is 6.98. The van der Waals surface area contributed by atoms with E-state index in [0.29, 0.717) is 11.1 Å². The van der Waals surface area contributed by atoms with Gasteiger partial charge in [-0.15, -0.1) is 0 Å². The van der Waals surface area contributed by atoms with Gasteiger partial charge in [-0.2, -0.15) is 0 Å². The van der Waals surface area contributed by atoms with Gasteiger partial charge in [0.2, 0.25) is 11.5 Å². The summed E-state index contributed by atoms with van der Waals surface area (Å²) in [5, 5.41) is 82.1. The second-order valence-corrected chi connectivity index (χ2v) is 11.3. The van der Waals surface area contributed by atoms with Crippen LogP contribution in [0.5, 0.6) is 28.7 Å². The fraction of sp³-hybridized carbons (Fsp3) is 0.455. The van der Waals surface area contributed by atoms with Gasteiger partial charge in [0, 0.05) is 12.2 Å². The van der Waals surface area contributed by atoms with Gasteiger partial charge >= 0.3 is 11.9 Å². The van der Waals surface area contributed by atoms with Crippen molar-refractivity contribution >= 4 is 24.1 Å². The first-order valence-electron chi connectivity index (χ1n) is 15.3. The number of phenols is 2. The van der Waals surface area contributed by atoms with Crippen LogP contribution < -0.4 is 14.2 Å². The van der Waals surface area contributed by atoms with E-state index in [1.165, 1.54) is 63.8 Å². The number of hydrogen-bond acceptors (Lipinski definition) is 18. The number of benzene rings is 2. The van der Waals surface area contributed by atoms with E-state index in [1.807, 2.05) is 0 Å². The number of ether oxygens (including phenoxy) is 8. The van der Waals surface area contributed by atoms with E-state index in [-0.39, 0.29) is 28.7 Å². The summed E-state index contributed by atoms with van der Waals surface area (Å²) in [4.78, 5) is 26.0. The number of phenolic OH excluding ortho intramolecular Hbond substituents is 2. The topological polar surface area (TPSA) is 270 Å². The highest BCUT2D eigenvalue weighted by molar-refractivity contribution is 5.88. The van der Waals surface area contributed by atoms with Crippen LogP contribution in [-0.4, -0.2) is 149 Å². The fourth-order valence-corrected chi connectivity index (χ4v) is 5.28. The Kier molecular flexibility index (Phi) is 13.2. The predicted octanol–water partition coefficient (Wildman–Crippen LogP) is -1.43. The second kappa shape index (κ2) is 17.1. The molecular weight excluding hydrogens is 684 g/mol. The Labute approximate surface area is 290 Å². The second-order valence-electron chi connectivity index (χ2n) is 11.3. The first-order chi connectivity index (χ1) is 24.3. The van der Waals surface area contributed by atoms with Crippen molar-refractivity contribution in [3.8, 4) is 28.7 Å². The first kappa shape index (κ1) is 39.3. The van der Waals surface area contributed by atoms with Crippen LogP contribution in [0.25, 0.3) is 12.2 Å². The molecule has 18 heteroatoms. The smallest absolute Gasteiger partial charge is 0.331 e. The fourth-order valence-electron chi connectivity index (χ4n) is 5.28. The molecule has 4 rings (SSSR count). The van der Waals surface area contributed by atoms with Gasteiger partial charge in [0.05, 0.1) is 34.5 Å². The van der Waals surface area contributed by atoms with Gasteiger partial charge < -0.3 is 78.7 Å². The highest BCUT2D eigenvalue weighted by Crippen LogP contribution is 2.40. The Morgan fingerprint density at radius 3 is 1.96 bits per heavy atom. The zero-order valence-corrected chi connectivity index (χ0v) is 27.6. The quantitative estimate of drug-likeness (QED) is 0.0819. The number of carbonyl (C=O) groups is 2. The molecule has 2 aromatic carbocycles. The maximum Gasteiger partial charge on any atom is 0.331 e.